The van der Waals surface area contributed by atoms with E-state index in [2.05, 4.69) is 9.97 Å². The lowest BCUT2D eigenvalue weighted by atomic mass is 10.2. The molecule has 2 N–H and O–H groups in total. The van der Waals surface area contributed by atoms with Gasteiger partial charge in [-0.15, -0.1) is 0 Å². The van der Waals surface area contributed by atoms with E-state index >= 15 is 0 Å². The highest BCUT2D eigenvalue weighted by molar-refractivity contribution is 5.91. The van der Waals surface area contributed by atoms with Crippen LogP contribution in [-0.4, -0.2) is 73.8 Å². The van der Waals surface area contributed by atoms with Crippen LogP contribution in [0.1, 0.15) is 23.7 Å². The maximum atomic E-state index is 13.0. The number of hydrogen-bond acceptors (Lipinski definition) is 8. The molecule has 4 rings (SSSR count). The minimum absolute atomic E-state index is 0.00628. The lowest BCUT2D eigenvalue weighted by Gasteiger charge is -2.35. The fraction of sp³-hybridized carbons (Fsp3) is 0.526. The Bertz CT molecular complexity index is 1270. The topological polar surface area (TPSA) is 103 Å². The van der Waals surface area contributed by atoms with E-state index in [1.54, 1.807) is 4.90 Å². The highest BCUT2D eigenvalue weighted by Crippen LogP contribution is 2.34. The number of rotatable bonds is 5. The van der Waals surface area contributed by atoms with Gasteiger partial charge in [0.2, 0.25) is 5.95 Å². The number of nitrogen functional groups attached to an aromatic ring is 1. The van der Waals surface area contributed by atoms with Crippen molar-refractivity contribution in [3.8, 4) is 11.5 Å². The molecule has 1 unspecified atom stereocenters. The SMILES string of the molecule is [2H]c1c(OC)c(OC)c([2H])c2c(N([2H])[2H])nc(N3CCN(C(=O)C4OC([2H])([2H])C([2H])([2H])C4([2H])[2H])CC3)nc12. The van der Waals surface area contributed by atoms with Crippen molar-refractivity contribution in [2.45, 2.75) is 18.8 Å². The van der Waals surface area contributed by atoms with Crippen LogP contribution in [-0.2, 0) is 9.53 Å². The molecule has 0 aliphatic carbocycles. The number of fused-ring (bicyclic) bond motifs is 1. The second-order valence-electron chi connectivity index (χ2n) is 6.07. The Hall–Kier alpha value is -2.81. The van der Waals surface area contributed by atoms with Crippen LogP contribution < -0.4 is 20.1 Å². The van der Waals surface area contributed by atoms with E-state index in [9.17, 15) is 4.79 Å². The van der Waals surface area contributed by atoms with Crippen molar-refractivity contribution < 1.29 is 32.8 Å². The molecule has 1 aromatic heterocycles. The van der Waals surface area contributed by atoms with Gasteiger partial charge < -0.3 is 29.7 Å². The number of hydrogen-bond donors (Lipinski definition) is 1. The van der Waals surface area contributed by atoms with E-state index in [0.717, 1.165) is 0 Å². The first-order valence-corrected chi connectivity index (χ1v) is 8.53. The number of carbonyl (C=O) groups is 1. The first-order valence-electron chi connectivity index (χ1n) is 13.4. The molecule has 9 heteroatoms. The van der Waals surface area contributed by atoms with E-state index in [1.807, 2.05) is 0 Å². The number of benzene rings is 1. The Morgan fingerprint density at radius 3 is 2.68 bits per heavy atom. The molecular formula is C19H25N5O4. The van der Waals surface area contributed by atoms with Gasteiger partial charge in [0.25, 0.3) is 5.91 Å². The third-order valence-corrected chi connectivity index (χ3v) is 4.49. The summed E-state index contributed by atoms with van der Waals surface area (Å²) >= 11 is 0. The zero-order valence-electron chi connectivity index (χ0n) is 25.3. The molecule has 9 nitrogen and oxygen atoms in total. The normalized spacial score (nSPS) is 30.3. The lowest BCUT2D eigenvalue weighted by molar-refractivity contribution is -0.141. The molecule has 2 saturated heterocycles. The summed E-state index contributed by atoms with van der Waals surface area (Å²) in [5, 5.41) is -0.0561. The van der Waals surface area contributed by atoms with E-state index in [-0.39, 0.29) is 78.2 Å². The van der Waals surface area contributed by atoms with Gasteiger partial charge in [0.15, 0.2) is 14.3 Å². The maximum Gasteiger partial charge on any atom is 0.251 e. The number of nitrogens with two attached hydrogens (primary N) is 1. The van der Waals surface area contributed by atoms with Crippen LogP contribution >= 0.6 is 0 Å². The standard InChI is InChI=1S/C19H25N5O4/c1-26-15-10-12-13(11-16(15)27-2)21-19(22-17(12)20)24-7-5-23(6-8-24)18(25)14-4-3-9-28-14/h10-11,14H,3-9H2,1-2H3,(H2,20,21,22)/i3D2,4D2,9D2,10D,11D/hD2. The molecule has 1 atom stereocenters. The number of aromatic nitrogens is 2. The maximum absolute atomic E-state index is 13.0. The van der Waals surface area contributed by atoms with Crippen molar-refractivity contribution in [1.29, 1.82) is 0 Å². The van der Waals surface area contributed by atoms with Crippen molar-refractivity contribution in [2.24, 2.45) is 0 Å². The van der Waals surface area contributed by atoms with Gasteiger partial charge in [0.1, 0.15) is 11.9 Å². The molecule has 1 aromatic carbocycles. The summed E-state index contributed by atoms with van der Waals surface area (Å²) in [7, 11) is 2.59. The summed E-state index contributed by atoms with van der Waals surface area (Å²) in [5.41, 5.74) is 0.144. The predicted octanol–water partition coefficient (Wildman–Crippen LogP) is 1.06. The molecule has 2 aliphatic rings. The Labute approximate surface area is 177 Å². The van der Waals surface area contributed by atoms with Crippen LogP contribution in [0.4, 0.5) is 11.8 Å². The summed E-state index contributed by atoms with van der Waals surface area (Å²) in [6.45, 7) is -2.77. The average molecular weight is 398 g/mol. The monoisotopic (exact) mass is 397 g/mol. The number of piperazine rings is 1. The third-order valence-electron chi connectivity index (χ3n) is 4.49. The van der Waals surface area contributed by atoms with Crippen LogP contribution in [0.5, 0.6) is 11.5 Å². The van der Waals surface area contributed by atoms with Gasteiger partial charge in [-0.1, -0.05) is 0 Å². The summed E-state index contributed by atoms with van der Waals surface area (Å²) in [5.74, 6) is -1.28. The number of carbonyl (C=O) groups excluding carboxylic acids is 1. The zero-order chi connectivity index (χ0) is 28.4. The third kappa shape index (κ3) is 3.37. The second kappa shape index (κ2) is 7.67. The number of ether oxygens (including phenoxy) is 3. The minimum Gasteiger partial charge on any atom is -0.493 e. The van der Waals surface area contributed by atoms with Crippen molar-refractivity contribution in [1.82, 2.24) is 14.9 Å². The molecule has 2 aliphatic heterocycles. The predicted molar refractivity (Wildman–Crippen MR) is 105 cm³/mol. The molecule has 0 bridgehead atoms. The van der Waals surface area contributed by atoms with Gasteiger partial charge in [0, 0.05) is 49.6 Å². The van der Waals surface area contributed by atoms with Gasteiger partial charge in [-0.3, -0.25) is 4.79 Å². The summed E-state index contributed by atoms with van der Waals surface area (Å²) in [6, 6.07) is -0.498. The van der Waals surface area contributed by atoms with Crippen molar-refractivity contribution >= 4 is 28.6 Å². The van der Waals surface area contributed by atoms with Crippen molar-refractivity contribution in [3.63, 3.8) is 0 Å². The van der Waals surface area contributed by atoms with Crippen LogP contribution in [0.3, 0.4) is 0 Å². The second-order valence-corrected chi connectivity index (χ2v) is 6.07. The van der Waals surface area contributed by atoms with Crippen molar-refractivity contribution in [2.75, 3.05) is 57.6 Å². The molecule has 3 heterocycles. The molecule has 1 amide bonds. The van der Waals surface area contributed by atoms with Crippen molar-refractivity contribution in [3.05, 3.63) is 12.1 Å². The van der Waals surface area contributed by atoms with Crippen LogP contribution in [0.15, 0.2) is 12.1 Å². The lowest BCUT2D eigenvalue weighted by Crippen LogP contribution is -2.51. The zero-order valence-corrected chi connectivity index (χ0v) is 15.3. The molecular weight excluding hydrogens is 362 g/mol. The Morgan fingerprint density at radius 1 is 1.29 bits per heavy atom. The first kappa shape index (κ1) is 10.1. The molecule has 150 valence electrons. The van der Waals surface area contributed by atoms with Crippen LogP contribution in [0.25, 0.3) is 10.9 Å². The van der Waals surface area contributed by atoms with Gasteiger partial charge in [-0.2, -0.15) is 4.98 Å². The van der Waals surface area contributed by atoms with Gasteiger partial charge in [-0.05, 0) is 18.8 Å². The van der Waals surface area contributed by atoms with Crippen LogP contribution in [0, 0.1) is 0 Å². The number of nitrogens with zero attached hydrogens (tertiary/aromatic N) is 4. The Kier molecular flexibility index (Phi) is 2.77. The van der Waals surface area contributed by atoms with E-state index < -0.39 is 31.3 Å². The molecule has 0 radical (unpaired) electrons. The number of anilines is 2. The highest BCUT2D eigenvalue weighted by atomic mass is 16.5. The van der Waals surface area contributed by atoms with Gasteiger partial charge in [-0.25, -0.2) is 4.98 Å². The largest absolute Gasteiger partial charge is 0.493 e. The highest BCUT2D eigenvalue weighted by Gasteiger charge is 2.31. The van der Waals surface area contributed by atoms with E-state index in [1.165, 1.54) is 19.1 Å². The van der Waals surface area contributed by atoms with Crippen LogP contribution in [0.2, 0.25) is 2.82 Å². The molecule has 0 saturated carbocycles. The smallest absolute Gasteiger partial charge is 0.251 e. The number of amides is 1. The average Bonchev–Trinajstić information content (AvgIpc) is 3.00. The van der Waals surface area contributed by atoms with E-state index in [4.69, 9.17) is 28.0 Å². The Balaban J connectivity index is 1.63. The summed E-state index contributed by atoms with van der Waals surface area (Å²) in [6.07, 6.45) is -7.94. The molecule has 2 fully saturated rings. The van der Waals surface area contributed by atoms with Gasteiger partial charge in [0.05, 0.1) is 25.2 Å². The first-order chi connectivity index (χ1) is 17.6. The Morgan fingerprint density at radius 2 is 2.04 bits per heavy atom. The van der Waals surface area contributed by atoms with Gasteiger partial charge >= 0.3 is 0 Å². The molecule has 28 heavy (non-hydrogen) atoms. The fourth-order valence-corrected chi connectivity index (χ4v) is 3.02. The van der Waals surface area contributed by atoms with E-state index in [0.29, 0.717) is 0 Å². The summed E-state index contributed by atoms with van der Waals surface area (Å²) < 4.78 is 94.9. The molecule has 2 aromatic rings. The summed E-state index contributed by atoms with van der Waals surface area (Å²) in [4.78, 5) is 24.5. The number of methoxy groups -OCH3 is 2. The minimum atomic E-state index is -3.05. The quantitative estimate of drug-likeness (QED) is 0.799. The fourth-order valence-electron chi connectivity index (χ4n) is 3.02. The molecule has 0 spiro atoms.